The molecule has 1 rings (SSSR count). The normalized spacial score (nSPS) is 12.5. The van der Waals surface area contributed by atoms with Crippen molar-refractivity contribution in [1.29, 1.82) is 0 Å². The molecule has 0 saturated heterocycles. The number of amides is 1. The standard InChI is InChI=1S/C22H37N3O4/c1-17(2)20(18(3)28-16-19-10-8-7-9-11-19)24-12-14-27-15-13-25(23)21(26)29-22(4,5)6/h7-11,17,20,24H,3,12-16,23H2,1-2,4-6H3/t20-/m0/s1. The Labute approximate surface area is 175 Å². The molecular weight excluding hydrogens is 370 g/mol. The van der Waals surface area contributed by atoms with E-state index < -0.39 is 11.7 Å². The van der Waals surface area contributed by atoms with Gasteiger partial charge in [-0.05, 0) is 32.3 Å². The Morgan fingerprint density at radius 3 is 2.45 bits per heavy atom. The lowest BCUT2D eigenvalue weighted by molar-refractivity contribution is 0.0173. The van der Waals surface area contributed by atoms with Gasteiger partial charge in [-0.15, -0.1) is 0 Å². The third-order valence-corrected chi connectivity index (χ3v) is 4.00. The number of carbonyl (C=O) groups is 1. The summed E-state index contributed by atoms with van der Waals surface area (Å²) in [6.07, 6.45) is -0.564. The Hall–Kier alpha value is -2.09. The topological polar surface area (TPSA) is 86.0 Å². The zero-order chi connectivity index (χ0) is 21.9. The number of carbonyl (C=O) groups excluding carboxylic acids is 1. The second-order valence-electron chi connectivity index (χ2n) is 8.20. The number of hydrogen-bond acceptors (Lipinski definition) is 6. The molecular formula is C22H37N3O4. The van der Waals surface area contributed by atoms with Gasteiger partial charge in [-0.2, -0.15) is 0 Å². The SMILES string of the molecule is C=C(OCc1ccccc1)[C@@H](NCCOCCN(N)C(=O)OC(C)(C)C)C(C)C. The van der Waals surface area contributed by atoms with Gasteiger partial charge in [0, 0.05) is 6.54 Å². The van der Waals surface area contributed by atoms with Gasteiger partial charge in [0.05, 0.1) is 25.8 Å². The minimum Gasteiger partial charge on any atom is -0.492 e. The van der Waals surface area contributed by atoms with Gasteiger partial charge in [0.15, 0.2) is 0 Å². The molecule has 0 bridgehead atoms. The molecule has 3 N–H and O–H groups in total. The molecule has 0 fully saturated rings. The number of rotatable bonds is 12. The zero-order valence-corrected chi connectivity index (χ0v) is 18.4. The van der Waals surface area contributed by atoms with Crippen molar-refractivity contribution in [3.8, 4) is 0 Å². The lowest BCUT2D eigenvalue weighted by Gasteiger charge is -2.25. The summed E-state index contributed by atoms with van der Waals surface area (Å²) in [4.78, 5) is 11.8. The van der Waals surface area contributed by atoms with Gasteiger partial charge in [0.1, 0.15) is 18.0 Å². The Kier molecular flexibility index (Phi) is 10.7. The van der Waals surface area contributed by atoms with Crippen molar-refractivity contribution in [1.82, 2.24) is 10.3 Å². The molecule has 7 heteroatoms. The first-order chi connectivity index (χ1) is 13.6. The van der Waals surface area contributed by atoms with Crippen molar-refractivity contribution in [2.75, 3.05) is 26.3 Å². The highest BCUT2D eigenvalue weighted by molar-refractivity contribution is 5.67. The number of hydrazine groups is 1. The molecule has 0 saturated carbocycles. The summed E-state index contributed by atoms with van der Waals surface area (Å²) in [6, 6.07) is 10.0. The summed E-state index contributed by atoms with van der Waals surface area (Å²) in [6.45, 7) is 15.9. The van der Waals surface area contributed by atoms with E-state index in [-0.39, 0.29) is 12.6 Å². The van der Waals surface area contributed by atoms with E-state index in [1.54, 1.807) is 20.8 Å². The number of nitrogens with one attached hydrogen (secondary N) is 1. The highest BCUT2D eigenvalue weighted by atomic mass is 16.6. The number of hydrogen-bond donors (Lipinski definition) is 2. The Morgan fingerprint density at radius 2 is 1.86 bits per heavy atom. The van der Waals surface area contributed by atoms with Crippen LogP contribution in [-0.4, -0.2) is 49.0 Å². The number of nitrogens with two attached hydrogens (primary N) is 1. The lowest BCUT2D eigenvalue weighted by atomic mass is 10.0. The van der Waals surface area contributed by atoms with Gasteiger partial charge in [-0.3, -0.25) is 0 Å². The van der Waals surface area contributed by atoms with Crippen LogP contribution in [0.15, 0.2) is 42.7 Å². The highest BCUT2D eigenvalue weighted by Gasteiger charge is 2.20. The van der Waals surface area contributed by atoms with Crippen LogP contribution in [-0.2, 0) is 20.8 Å². The van der Waals surface area contributed by atoms with E-state index in [9.17, 15) is 4.79 Å². The van der Waals surface area contributed by atoms with Gasteiger partial charge in [-0.1, -0.05) is 50.8 Å². The molecule has 0 aliphatic carbocycles. The summed E-state index contributed by atoms with van der Waals surface area (Å²) in [5.74, 6) is 6.72. The van der Waals surface area contributed by atoms with E-state index >= 15 is 0 Å². The molecule has 0 aliphatic rings. The molecule has 164 valence electrons. The van der Waals surface area contributed by atoms with Crippen LogP contribution < -0.4 is 11.2 Å². The summed E-state index contributed by atoms with van der Waals surface area (Å²) >= 11 is 0. The van der Waals surface area contributed by atoms with Gasteiger partial charge in [0.2, 0.25) is 0 Å². The predicted molar refractivity (Wildman–Crippen MR) is 115 cm³/mol. The average Bonchev–Trinajstić information content (AvgIpc) is 2.64. The van der Waals surface area contributed by atoms with Crippen LogP contribution in [0, 0.1) is 5.92 Å². The second kappa shape index (κ2) is 12.5. The summed E-state index contributed by atoms with van der Waals surface area (Å²) in [5.41, 5.74) is 0.534. The minimum atomic E-state index is -0.573. The maximum Gasteiger partial charge on any atom is 0.424 e. The molecule has 1 amide bonds. The second-order valence-corrected chi connectivity index (χ2v) is 8.20. The maximum absolute atomic E-state index is 11.8. The summed E-state index contributed by atoms with van der Waals surface area (Å²) in [5, 5.41) is 4.43. The molecule has 1 atom stereocenters. The van der Waals surface area contributed by atoms with Crippen LogP contribution in [0.25, 0.3) is 0 Å². The van der Waals surface area contributed by atoms with Crippen molar-refractivity contribution in [2.24, 2.45) is 11.8 Å². The molecule has 7 nitrogen and oxygen atoms in total. The number of benzene rings is 1. The van der Waals surface area contributed by atoms with Crippen molar-refractivity contribution in [3.63, 3.8) is 0 Å². The highest BCUT2D eigenvalue weighted by Crippen LogP contribution is 2.14. The quantitative estimate of drug-likeness (QED) is 0.181. The molecule has 0 radical (unpaired) electrons. The Morgan fingerprint density at radius 1 is 1.21 bits per heavy atom. The molecule has 29 heavy (non-hydrogen) atoms. The van der Waals surface area contributed by atoms with Crippen LogP contribution in [0.2, 0.25) is 0 Å². The van der Waals surface area contributed by atoms with Crippen molar-refractivity contribution >= 4 is 6.09 Å². The lowest BCUT2D eigenvalue weighted by Crippen LogP contribution is -2.43. The Bertz CT molecular complexity index is 614. The maximum atomic E-state index is 11.8. The molecule has 0 unspecified atom stereocenters. The van der Waals surface area contributed by atoms with Crippen LogP contribution in [0.1, 0.15) is 40.2 Å². The smallest absolute Gasteiger partial charge is 0.424 e. The first-order valence-electron chi connectivity index (χ1n) is 10.0. The summed E-state index contributed by atoms with van der Waals surface area (Å²) in [7, 11) is 0. The fourth-order valence-electron chi connectivity index (χ4n) is 2.52. The Balaban J connectivity index is 2.25. The number of nitrogens with zero attached hydrogens (tertiary/aromatic N) is 1. The van der Waals surface area contributed by atoms with E-state index in [0.29, 0.717) is 38.0 Å². The van der Waals surface area contributed by atoms with E-state index in [0.717, 1.165) is 10.6 Å². The minimum absolute atomic E-state index is 0.0232. The van der Waals surface area contributed by atoms with Crippen molar-refractivity contribution in [3.05, 3.63) is 48.2 Å². The van der Waals surface area contributed by atoms with Crippen LogP contribution in [0.3, 0.4) is 0 Å². The summed E-state index contributed by atoms with van der Waals surface area (Å²) < 4.78 is 16.6. The average molecular weight is 408 g/mol. The third kappa shape index (κ3) is 10.9. The van der Waals surface area contributed by atoms with Crippen LogP contribution >= 0.6 is 0 Å². The molecule has 0 heterocycles. The van der Waals surface area contributed by atoms with Gasteiger partial charge < -0.3 is 19.5 Å². The van der Waals surface area contributed by atoms with E-state index in [1.807, 2.05) is 30.3 Å². The monoisotopic (exact) mass is 407 g/mol. The van der Waals surface area contributed by atoms with Gasteiger partial charge in [-0.25, -0.2) is 15.6 Å². The first-order valence-corrected chi connectivity index (χ1v) is 10.0. The fraction of sp³-hybridized carbons (Fsp3) is 0.591. The van der Waals surface area contributed by atoms with Crippen molar-refractivity contribution < 1.29 is 19.0 Å². The van der Waals surface area contributed by atoms with Gasteiger partial charge in [0.25, 0.3) is 0 Å². The van der Waals surface area contributed by atoms with Crippen molar-refractivity contribution in [2.45, 2.75) is 52.9 Å². The van der Waals surface area contributed by atoms with E-state index in [1.165, 1.54) is 0 Å². The molecule has 1 aromatic carbocycles. The molecule has 1 aromatic rings. The van der Waals surface area contributed by atoms with Gasteiger partial charge >= 0.3 is 6.09 Å². The first kappa shape index (κ1) is 24.9. The molecule has 0 aromatic heterocycles. The van der Waals surface area contributed by atoms with Crippen LogP contribution in [0.4, 0.5) is 4.79 Å². The molecule has 0 aliphatic heterocycles. The van der Waals surface area contributed by atoms with E-state index in [2.05, 4.69) is 25.7 Å². The van der Waals surface area contributed by atoms with E-state index in [4.69, 9.17) is 20.1 Å². The number of ether oxygens (including phenoxy) is 3. The predicted octanol–water partition coefficient (Wildman–Crippen LogP) is 3.46. The molecule has 0 spiro atoms. The fourth-order valence-corrected chi connectivity index (χ4v) is 2.52. The zero-order valence-electron chi connectivity index (χ0n) is 18.4. The largest absolute Gasteiger partial charge is 0.492 e. The van der Waals surface area contributed by atoms with Crippen LogP contribution in [0.5, 0.6) is 0 Å². The third-order valence-electron chi connectivity index (χ3n) is 4.00.